The molecule has 1 N–H and O–H groups in total. The van der Waals surface area contributed by atoms with Crippen LogP contribution in [0.25, 0.3) is 0 Å². The standard InChI is InChI=1S/C13H19N3O3/c17-16(18)12-3-4-13(15-10-12)19-9-1-2-11-5-7-14-8-6-11/h3-4,10-11,14H,1-2,5-9H2. The second kappa shape index (κ2) is 7.04. The molecule has 104 valence electrons. The van der Waals surface area contributed by atoms with E-state index in [1.165, 1.54) is 31.5 Å². The summed E-state index contributed by atoms with van der Waals surface area (Å²) in [6.07, 6.45) is 5.89. The summed E-state index contributed by atoms with van der Waals surface area (Å²) in [5.41, 5.74) is -0.0120. The summed E-state index contributed by atoms with van der Waals surface area (Å²) < 4.78 is 5.48. The lowest BCUT2D eigenvalue weighted by Gasteiger charge is -2.22. The molecule has 0 bridgehead atoms. The first kappa shape index (κ1) is 13.7. The molecule has 1 aromatic rings. The van der Waals surface area contributed by atoms with Crippen molar-refractivity contribution in [3.8, 4) is 5.88 Å². The molecule has 6 nitrogen and oxygen atoms in total. The zero-order chi connectivity index (χ0) is 13.5. The number of hydrogen-bond acceptors (Lipinski definition) is 5. The van der Waals surface area contributed by atoms with E-state index in [1.54, 1.807) is 6.07 Å². The first-order chi connectivity index (χ1) is 9.25. The highest BCUT2D eigenvalue weighted by Gasteiger charge is 2.12. The summed E-state index contributed by atoms with van der Waals surface area (Å²) >= 11 is 0. The zero-order valence-corrected chi connectivity index (χ0v) is 10.9. The molecule has 0 amide bonds. The Bertz CT molecular complexity index is 402. The van der Waals surface area contributed by atoms with Crippen molar-refractivity contribution in [3.63, 3.8) is 0 Å². The molecule has 1 aromatic heterocycles. The van der Waals surface area contributed by atoms with Gasteiger partial charge in [-0.15, -0.1) is 0 Å². The number of nitro groups is 1. The van der Waals surface area contributed by atoms with E-state index in [-0.39, 0.29) is 5.69 Å². The van der Waals surface area contributed by atoms with E-state index >= 15 is 0 Å². The maximum atomic E-state index is 10.5. The summed E-state index contributed by atoms with van der Waals surface area (Å²) in [5, 5.41) is 13.8. The molecule has 0 aliphatic carbocycles. The van der Waals surface area contributed by atoms with Crippen molar-refractivity contribution in [3.05, 3.63) is 28.4 Å². The molecule has 1 fully saturated rings. The number of nitrogens with zero attached hydrogens (tertiary/aromatic N) is 2. The van der Waals surface area contributed by atoms with Gasteiger partial charge in [-0.05, 0) is 44.7 Å². The van der Waals surface area contributed by atoms with Crippen LogP contribution >= 0.6 is 0 Å². The Hall–Kier alpha value is -1.69. The van der Waals surface area contributed by atoms with Crippen LogP contribution in [0.5, 0.6) is 5.88 Å². The number of pyridine rings is 1. The molecule has 0 radical (unpaired) electrons. The van der Waals surface area contributed by atoms with Crippen LogP contribution in [0.1, 0.15) is 25.7 Å². The summed E-state index contributed by atoms with van der Waals surface area (Å²) in [7, 11) is 0. The fraction of sp³-hybridized carbons (Fsp3) is 0.615. The lowest BCUT2D eigenvalue weighted by molar-refractivity contribution is -0.385. The van der Waals surface area contributed by atoms with Gasteiger partial charge in [-0.3, -0.25) is 10.1 Å². The van der Waals surface area contributed by atoms with Crippen LogP contribution in [-0.2, 0) is 0 Å². The van der Waals surface area contributed by atoms with Crippen molar-refractivity contribution in [2.24, 2.45) is 5.92 Å². The van der Waals surface area contributed by atoms with E-state index in [4.69, 9.17) is 4.74 Å². The molecular weight excluding hydrogens is 246 g/mol. The second-order valence-corrected chi connectivity index (χ2v) is 4.80. The van der Waals surface area contributed by atoms with Gasteiger partial charge in [0.15, 0.2) is 0 Å². The van der Waals surface area contributed by atoms with Crippen molar-refractivity contribution in [1.82, 2.24) is 10.3 Å². The third-order valence-corrected chi connectivity index (χ3v) is 3.40. The number of nitrogens with one attached hydrogen (secondary N) is 1. The van der Waals surface area contributed by atoms with E-state index in [2.05, 4.69) is 10.3 Å². The van der Waals surface area contributed by atoms with Gasteiger partial charge in [-0.25, -0.2) is 4.98 Å². The topological polar surface area (TPSA) is 77.3 Å². The van der Waals surface area contributed by atoms with Gasteiger partial charge in [0, 0.05) is 12.1 Å². The highest BCUT2D eigenvalue weighted by atomic mass is 16.6. The Kier molecular flexibility index (Phi) is 5.09. The summed E-state index contributed by atoms with van der Waals surface area (Å²) in [6.45, 7) is 2.86. The van der Waals surface area contributed by atoms with Crippen molar-refractivity contribution in [2.75, 3.05) is 19.7 Å². The van der Waals surface area contributed by atoms with E-state index in [9.17, 15) is 10.1 Å². The fourth-order valence-corrected chi connectivity index (χ4v) is 2.29. The van der Waals surface area contributed by atoms with Gasteiger partial charge in [-0.1, -0.05) is 0 Å². The molecule has 1 aliphatic rings. The van der Waals surface area contributed by atoms with E-state index in [1.807, 2.05) is 0 Å². The molecule has 1 saturated heterocycles. The normalized spacial score (nSPS) is 16.2. The summed E-state index contributed by atoms with van der Waals surface area (Å²) in [5.74, 6) is 1.26. The van der Waals surface area contributed by atoms with Crippen LogP contribution in [0.15, 0.2) is 18.3 Å². The third kappa shape index (κ3) is 4.48. The van der Waals surface area contributed by atoms with Gasteiger partial charge >= 0.3 is 0 Å². The van der Waals surface area contributed by atoms with Crippen molar-refractivity contribution < 1.29 is 9.66 Å². The van der Waals surface area contributed by atoms with Gasteiger partial charge in [0.05, 0.1) is 11.5 Å². The monoisotopic (exact) mass is 265 g/mol. The Morgan fingerprint density at radius 3 is 2.84 bits per heavy atom. The fourth-order valence-electron chi connectivity index (χ4n) is 2.29. The predicted octanol–water partition coefficient (Wildman–Crippen LogP) is 2.15. The Morgan fingerprint density at radius 2 is 2.21 bits per heavy atom. The minimum absolute atomic E-state index is 0.0120. The molecule has 0 unspecified atom stereocenters. The first-order valence-corrected chi connectivity index (χ1v) is 6.69. The Morgan fingerprint density at radius 1 is 1.42 bits per heavy atom. The number of rotatable bonds is 6. The van der Waals surface area contributed by atoms with Crippen LogP contribution in [-0.4, -0.2) is 29.6 Å². The van der Waals surface area contributed by atoms with Crippen LogP contribution in [0.4, 0.5) is 5.69 Å². The molecule has 2 heterocycles. The minimum Gasteiger partial charge on any atom is -0.478 e. The molecular formula is C13H19N3O3. The van der Waals surface area contributed by atoms with Crippen LogP contribution in [0.3, 0.4) is 0 Å². The zero-order valence-electron chi connectivity index (χ0n) is 10.9. The minimum atomic E-state index is -0.464. The highest BCUT2D eigenvalue weighted by molar-refractivity contribution is 5.28. The van der Waals surface area contributed by atoms with Crippen molar-refractivity contribution >= 4 is 5.69 Å². The van der Waals surface area contributed by atoms with Crippen LogP contribution in [0.2, 0.25) is 0 Å². The molecule has 0 saturated carbocycles. The average Bonchev–Trinajstić information content (AvgIpc) is 2.45. The molecule has 0 spiro atoms. The van der Waals surface area contributed by atoms with Crippen LogP contribution in [0, 0.1) is 16.0 Å². The number of hydrogen-bond donors (Lipinski definition) is 1. The van der Waals surface area contributed by atoms with Crippen molar-refractivity contribution in [1.29, 1.82) is 0 Å². The predicted molar refractivity (Wildman–Crippen MR) is 71.2 cm³/mol. The highest BCUT2D eigenvalue weighted by Crippen LogP contribution is 2.18. The van der Waals surface area contributed by atoms with Gasteiger partial charge in [0.2, 0.25) is 5.88 Å². The summed E-state index contributed by atoms with van der Waals surface area (Å²) in [6, 6.07) is 2.96. The Labute approximate surface area is 112 Å². The second-order valence-electron chi connectivity index (χ2n) is 4.80. The first-order valence-electron chi connectivity index (χ1n) is 6.69. The van der Waals surface area contributed by atoms with Crippen molar-refractivity contribution in [2.45, 2.75) is 25.7 Å². The molecule has 1 aliphatic heterocycles. The van der Waals surface area contributed by atoms with Gasteiger partial charge in [0.25, 0.3) is 5.69 Å². The third-order valence-electron chi connectivity index (χ3n) is 3.40. The SMILES string of the molecule is O=[N+]([O-])c1ccc(OCCCC2CCNCC2)nc1. The smallest absolute Gasteiger partial charge is 0.287 e. The summed E-state index contributed by atoms with van der Waals surface area (Å²) in [4.78, 5) is 13.9. The molecule has 0 atom stereocenters. The number of piperidine rings is 1. The number of aromatic nitrogens is 1. The number of ether oxygens (including phenoxy) is 1. The quantitative estimate of drug-likeness (QED) is 0.484. The lowest BCUT2D eigenvalue weighted by atomic mass is 9.93. The Balaban J connectivity index is 1.66. The molecule has 6 heteroatoms. The molecule has 2 rings (SSSR count). The van der Waals surface area contributed by atoms with E-state index in [0.717, 1.165) is 25.4 Å². The molecule has 0 aromatic carbocycles. The maximum absolute atomic E-state index is 10.5. The van der Waals surface area contributed by atoms with E-state index < -0.39 is 4.92 Å². The maximum Gasteiger partial charge on any atom is 0.287 e. The average molecular weight is 265 g/mol. The largest absolute Gasteiger partial charge is 0.478 e. The lowest BCUT2D eigenvalue weighted by Crippen LogP contribution is -2.27. The molecule has 19 heavy (non-hydrogen) atoms. The van der Waals surface area contributed by atoms with Gasteiger partial charge in [-0.2, -0.15) is 0 Å². The van der Waals surface area contributed by atoms with Crippen LogP contribution < -0.4 is 10.1 Å². The van der Waals surface area contributed by atoms with Gasteiger partial charge in [0.1, 0.15) is 6.20 Å². The van der Waals surface area contributed by atoms with E-state index in [0.29, 0.717) is 12.5 Å². The van der Waals surface area contributed by atoms with Gasteiger partial charge < -0.3 is 10.1 Å².